The molecule has 0 atom stereocenters. The Bertz CT molecular complexity index is 1060. The molecule has 0 radical (unpaired) electrons. The molecule has 8 heteroatoms. The molecule has 0 saturated carbocycles. The molecular formula is C15H11N5O3. The molecule has 0 bridgehead atoms. The van der Waals surface area contributed by atoms with E-state index in [1.165, 1.54) is 12.1 Å². The van der Waals surface area contributed by atoms with Crippen LogP contribution in [0.25, 0.3) is 28.1 Å². The average Bonchev–Trinajstić information content (AvgIpc) is 3.09. The third kappa shape index (κ3) is 1.95. The highest BCUT2D eigenvalue weighted by atomic mass is 16.6. The molecule has 0 amide bonds. The van der Waals surface area contributed by atoms with Crippen LogP contribution in [0.1, 0.15) is 11.3 Å². The van der Waals surface area contributed by atoms with E-state index in [4.69, 9.17) is 4.42 Å². The molecule has 0 aliphatic rings. The zero-order chi connectivity index (χ0) is 16.1. The van der Waals surface area contributed by atoms with Crippen molar-refractivity contribution in [2.75, 3.05) is 0 Å². The van der Waals surface area contributed by atoms with Crippen LogP contribution in [0.2, 0.25) is 0 Å². The fraction of sp³-hybridized carbons (Fsp3) is 0.133. The van der Waals surface area contributed by atoms with Crippen LogP contribution in [0.5, 0.6) is 0 Å². The molecule has 0 aliphatic carbocycles. The number of rotatable bonds is 2. The fourth-order valence-corrected chi connectivity index (χ4v) is 2.50. The first-order valence-electron chi connectivity index (χ1n) is 6.90. The van der Waals surface area contributed by atoms with Gasteiger partial charge in [-0.1, -0.05) is 0 Å². The van der Waals surface area contributed by atoms with Crippen LogP contribution in [-0.4, -0.2) is 24.5 Å². The van der Waals surface area contributed by atoms with Crippen molar-refractivity contribution in [3.8, 4) is 11.4 Å². The van der Waals surface area contributed by atoms with Gasteiger partial charge in [0, 0.05) is 23.3 Å². The molecule has 3 aromatic heterocycles. The Morgan fingerprint density at radius 3 is 2.65 bits per heavy atom. The van der Waals surface area contributed by atoms with Gasteiger partial charge < -0.3 is 4.42 Å². The molecule has 23 heavy (non-hydrogen) atoms. The zero-order valence-electron chi connectivity index (χ0n) is 12.3. The number of furan rings is 1. The van der Waals surface area contributed by atoms with Crippen molar-refractivity contribution in [2.24, 2.45) is 0 Å². The predicted molar refractivity (Wildman–Crippen MR) is 82.1 cm³/mol. The Hall–Kier alpha value is -3.29. The van der Waals surface area contributed by atoms with Gasteiger partial charge in [-0.15, -0.1) is 5.10 Å². The highest BCUT2D eigenvalue weighted by molar-refractivity contribution is 5.92. The summed E-state index contributed by atoms with van der Waals surface area (Å²) >= 11 is 0. The fourth-order valence-electron chi connectivity index (χ4n) is 2.50. The minimum atomic E-state index is -0.439. The minimum absolute atomic E-state index is 0.0304. The molecule has 0 aliphatic heterocycles. The summed E-state index contributed by atoms with van der Waals surface area (Å²) < 4.78 is 7.18. The summed E-state index contributed by atoms with van der Waals surface area (Å²) in [6, 6.07) is 6.13. The van der Waals surface area contributed by atoms with Gasteiger partial charge in [-0.05, 0) is 26.0 Å². The monoisotopic (exact) mass is 309 g/mol. The number of hydrogen-bond acceptors (Lipinski definition) is 6. The molecule has 3 heterocycles. The molecule has 4 rings (SSSR count). The Morgan fingerprint density at radius 1 is 1.22 bits per heavy atom. The lowest BCUT2D eigenvalue weighted by molar-refractivity contribution is -0.384. The maximum absolute atomic E-state index is 10.7. The SMILES string of the molecule is Cc1oc2ncn3nc(-c4ccc([N+](=O)[O-])cc4)nc3c2c1C. The van der Waals surface area contributed by atoms with Crippen LogP contribution in [-0.2, 0) is 0 Å². The summed E-state index contributed by atoms with van der Waals surface area (Å²) in [7, 11) is 0. The van der Waals surface area contributed by atoms with E-state index in [1.54, 1.807) is 23.0 Å². The lowest BCUT2D eigenvalue weighted by Crippen LogP contribution is -1.90. The van der Waals surface area contributed by atoms with Crippen LogP contribution in [0.4, 0.5) is 5.69 Å². The molecule has 114 valence electrons. The number of hydrogen-bond donors (Lipinski definition) is 0. The number of aryl methyl sites for hydroxylation is 2. The number of nitro groups is 1. The quantitative estimate of drug-likeness (QED) is 0.417. The Morgan fingerprint density at radius 2 is 1.96 bits per heavy atom. The predicted octanol–water partition coefficient (Wildman–Crippen LogP) is 3.06. The van der Waals surface area contributed by atoms with Crippen molar-refractivity contribution in [1.29, 1.82) is 0 Å². The molecule has 4 aromatic rings. The van der Waals surface area contributed by atoms with E-state index in [2.05, 4.69) is 15.1 Å². The van der Waals surface area contributed by atoms with Crippen LogP contribution >= 0.6 is 0 Å². The number of nitrogens with zero attached hydrogens (tertiary/aromatic N) is 5. The molecule has 0 spiro atoms. The molecule has 0 fully saturated rings. The van der Waals surface area contributed by atoms with Crippen molar-refractivity contribution in [3.05, 3.63) is 52.0 Å². The molecule has 0 N–H and O–H groups in total. The second kappa shape index (κ2) is 4.60. The minimum Gasteiger partial charge on any atom is -0.443 e. The number of benzene rings is 1. The molecule has 0 saturated heterocycles. The van der Waals surface area contributed by atoms with Gasteiger partial charge in [-0.2, -0.15) is 0 Å². The smallest absolute Gasteiger partial charge is 0.269 e. The second-order valence-electron chi connectivity index (χ2n) is 5.22. The first kappa shape index (κ1) is 13.4. The topological polar surface area (TPSA) is 99.4 Å². The highest BCUT2D eigenvalue weighted by Gasteiger charge is 2.16. The van der Waals surface area contributed by atoms with Crippen molar-refractivity contribution in [1.82, 2.24) is 19.6 Å². The molecule has 1 aromatic carbocycles. The normalized spacial score (nSPS) is 11.4. The van der Waals surface area contributed by atoms with E-state index in [0.717, 1.165) is 16.7 Å². The Labute approximate surface area is 129 Å². The summed E-state index contributed by atoms with van der Waals surface area (Å²) in [5.41, 5.74) is 2.88. The first-order valence-corrected chi connectivity index (χ1v) is 6.90. The Kier molecular flexibility index (Phi) is 2.68. The number of non-ortho nitro benzene ring substituents is 1. The third-order valence-corrected chi connectivity index (χ3v) is 3.84. The zero-order valence-corrected chi connectivity index (χ0v) is 12.3. The second-order valence-corrected chi connectivity index (χ2v) is 5.22. The van der Waals surface area contributed by atoms with E-state index in [0.29, 0.717) is 22.7 Å². The van der Waals surface area contributed by atoms with Gasteiger partial charge in [-0.25, -0.2) is 14.5 Å². The van der Waals surface area contributed by atoms with Crippen molar-refractivity contribution < 1.29 is 9.34 Å². The maximum atomic E-state index is 10.7. The van der Waals surface area contributed by atoms with Crippen molar-refractivity contribution in [3.63, 3.8) is 0 Å². The van der Waals surface area contributed by atoms with E-state index in [-0.39, 0.29) is 5.69 Å². The average molecular weight is 309 g/mol. The van der Waals surface area contributed by atoms with E-state index in [1.807, 2.05) is 13.8 Å². The van der Waals surface area contributed by atoms with Crippen molar-refractivity contribution >= 4 is 22.4 Å². The largest absolute Gasteiger partial charge is 0.443 e. The molecular weight excluding hydrogens is 298 g/mol. The van der Waals surface area contributed by atoms with Gasteiger partial charge in [-0.3, -0.25) is 10.1 Å². The van der Waals surface area contributed by atoms with Gasteiger partial charge in [0.15, 0.2) is 11.5 Å². The summed E-state index contributed by atoms with van der Waals surface area (Å²) in [4.78, 5) is 19.1. The highest BCUT2D eigenvalue weighted by Crippen LogP contribution is 2.27. The molecule has 0 unspecified atom stereocenters. The van der Waals surface area contributed by atoms with Gasteiger partial charge >= 0.3 is 0 Å². The van der Waals surface area contributed by atoms with Crippen molar-refractivity contribution in [2.45, 2.75) is 13.8 Å². The third-order valence-electron chi connectivity index (χ3n) is 3.84. The van der Waals surface area contributed by atoms with E-state index in [9.17, 15) is 10.1 Å². The molecule has 8 nitrogen and oxygen atoms in total. The standard InChI is InChI=1S/C15H11N5O3/c1-8-9(2)23-15-12(8)14-17-13(18-19(14)7-16-15)10-3-5-11(6-4-10)20(21)22/h3-7H,1-2H3. The number of nitro benzene ring substituents is 1. The van der Waals surface area contributed by atoms with Gasteiger partial charge in [0.25, 0.3) is 5.69 Å². The van der Waals surface area contributed by atoms with Crippen LogP contribution in [0.3, 0.4) is 0 Å². The lowest BCUT2D eigenvalue weighted by Gasteiger charge is -1.94. The van der Waals surface area contributed by atoms with Gasteiger partial charge in [0.1, 0.15) is 12.1 Å². The Balaban J connectivity index is 1.91. The maximum Gasteiger partial charge on any atom is 0.269 e. The first-order chi connectivity index (χ1) is 11.0. The van der Waals surface area contributed by atoms with E-state index >= 15 is 0 Å². The number of fused-ring (bicyclic) bond motifs is 3. The van der Waals surface area contributed by atoms with Crippen LogP contribution < -0.4 is 0 Å². The number of aromatic nitrogens is 4. The summed E-state index contributed by atoms with van der Waals surface area (Å²) in [6.45, 7) is 3.82. The summed E-state index contributed by atoms with van der Waals surface area (Å²) in [6.07, 6.45) is 1.54. The summed E-state index contributed by atoms with van der Waals surface area (Å²) in [5, 5.41) is 15.9. The van der Waals surface area contributed by atoms with E-state index < -0.39 is 4.92 Å². The van der Waals surface area contributed by atoms with Crippen LogP contribution in [0, 0.1) is 24.0 Å². The lowest BCUT2D eigenvalue weighted by atomic mass is 10.2. The van der Waals surface area contributed by atoms with Crippen LogP contribution in [0.15, 0.2) is 35.0 Å². The van der Waals surface area contributed by atoms with Gasteiger partial charge in [0.2, 0.25) is 5.71 Å². The van der Waals surface area contributed by atoms with Gasteiger partial charge in [0.05, 0.1) is 10.3 Å². The summed E-state index contributed by atoms with van der Waals surface area (Å²) in [5.74, 6) is 1.27.